The highest BCUT2D eigenvalue weighted by Crippen LogP contribution is 2.32. The van der Waals surface area contributed by atoms with Crippen LogP contribution in [0.15, 0.2) is 0 Å². The van der Waals surface area contributed by atoms with Gasteiger partial charge in [0.25, 0.3) is 0 Å². The van der Waals surface area contributed by atoms with Crippen molar-refractivity contribution < 1.29 is 9.90 Å². The predicted octanol–water partition coefficient (Wildman–Crippen LogP) is 2.61. The summed E-state index contributed by atoms with van der Waals surface area (Å²) in [7, 11) is 0. The SMILES string of the molecule is CCN(CC(=O)O)C1CCCC(C(C)C)C1. The molecule has 0 bridgehead atoms. The summed E-state index contributed by atoms with van der Waals surface area (Å²) in [6.45, 7) is 7.66. The largest absolute Gasteiger partial charge is 0.480 e. The third-order valence-electron chi connectivity index (χ3n) is 3.89. The quantitative estimate of drug-likeness (QED) is 0.785. The van der Waals surface area contributed by atoms with Gasteiger partial charge in [-0.25, -0.2) is 0 Å². The molecule has 0 aromatic heterocycles. The van der Waals surface area contributed by atoms with Gasteiger partial charge in [-0.05, 0) is 31.2 Å². The van der Waals surface area contributed by atoms with E-state index in [1.165, 1.54) is 25.7 Å². The Morgan fingerprint density at radius 2 is 2.12 bits per heavy atom. The maximum Gasteiger partial charge on any atom is 0.317 e. The van der Waals surface area contributed by atoms with Crippen molar-refractivity contribution in [3.8, 4) is 0 Å². The van der Waals surface area contributed by atoms with Crippen LogP contribution in [-0.4, -0.2) is 35.1 Å². The van der Waals surface area contributed by atoms with Crippen LogP contribution in [0.5, 0.6) is 0 Å². The molecule has 0 aliphatic heterocycles. The highest BCUT2D eigenvalue weighted by Gasteiger charge is 2.28. The van der Waals surface area contributed by atoms with Crippen molar-refractivity contribution in [1.82, 2.24) is 4.90 Å². The standard InChI is InChI=1S/C13H25NO2/c1-4-14(9-13(15)16)12-7-5-6-11(8-12)10(2)3/h10-12H,4-9H2,1-3H3,(H,15,16). The Bertz CT molecular complexity index is 228. The molecular formula is C13H25NO2. The van der Waals surface area contributed by atoms with Crippen LogP contribution in [0.2, 0.25) is 0 Å². The molecule has 3 heteroatoms. The molecule has 1 saturated carbocycles. The Hall–Kier alpha value is -0.570. The lowest BCUT2D eigenvalue weighted by atomic mass is 9.79. The van der Waals surface area contributed by atoms with Crippen LogP contribution in [0, 0.1) is 11.8 Å². The summed E-state index contributed by atoms with van der Waals surface area (Å²) in [5.74, 6) is 0.807. The van der Waals surface area contributed by atoms with Crippen molar-refractivity contribution in [2.45, 2.75) is 52.5 Å². The zero-order chi connectivity index (χ0) is 12.1. The van der Waals surface area contributed by atoms with Gasteiger partial charge in [-0.2, -0.15) is 0 Å². The number of hydrogen-bond acceptors (Lipinski definition) is 2. The highest BCUT2D eigenvalue weighted by molar-refractivity contribution is 5.69. The number of aliphatic carboxylic acids is 1. The molecule has 0 amide bonds. The van der Waals surface area contributed by atoms with Crippen molar-refractivity contribution in [1.29, 1.82) is 0 Å². The van der Waals surface area contributed by atoms with Crippen LogP contribution < -0.4 is 0 Å². The first-order chi connectivity index (χ1) is 7.54. The molecule has 1 aliphatic carbocycles. The number of nitrogens with zero attached hydrogens (tertiary/aromatic N) is 1. The fourth-order valence-corrected chi connectivity index (χ4v) is 2.81. The van der Waals surface area contributed by atoms with Gasteiger partial charge in [-0.1, -0.05) is 33.6 Å². The normalized spacial score (nSPS) is 26.3. The average molecular weight is 227 g/mol. The van der Waals surface area contributed by atoms with Crippen molar-refractivity contribution >= 4 is 5.97 Å². The summed E-state index contributed by atoms with van der Waals surface area (Å²) >= 11 is 0. The summed E-state index contributed by atoms with van der Waals surface area (Å²) in [4.78, 5) is 12.9. The van der Waals surface area contributed by atoms with E-state index in [2.05, 4.69) is 25.7 Å². The second-order valence-electron chi connectivity index (χ2n) is 5.28. The minimum Gasteiger partial charge on any atom is -0.480 e. The Balaban J connectivity index is 2.53. The Morgan fingerprint density at radius 3 is 2.62 bits per heavy atom. The molecule has 94 valence electrons. The van der Waals surface area contributed by atoms with E-state index in [0.717, 1.165) is 18.4 Å². The van der Waals surface area contributed by atoms with Crippen LogP contribution >= 0.6 is 0 Å². The van der Waals surface area contributed by atoms with Gasteiger partial charge in [-0.15, -0.1) is 0 Å². The topological polar surface area (TPSA) is 40.5 Å². The van der Waals surface area contributed by atoms with Crippen LogP contribution in [-0.2, 0) is 4.79 Å². The van der Waals surface area contributed by atoms with Gasteiger partial charge >= 0.3 is 5.97 Å². The molecule has 0 spiro atoms. The van der Waals surface area contributed by atoms with E-state index in [4.69, 9.17) is 5.11 Å². The number of likely N-dealkylation sites (N-methyl/N-ethyl adjacent to an activating group) is 1. The average Bonchev–Trinajstić information content (AvgIpc) is 2.25. The van der Waals surface area contributed by atoms with Crippen LogP contribution in [0.3, 0.4) is 0 Å². The van der Waals surface area contributed by atoms with Crippen molar-refractivity contribution in [2.24, 2.45) is 11.8 Å². The van der Waals surface area contributed by atoms with Crippen LogP contribution in [0.25, 0.3) is 0 Å². The molecule has 0 aromatic carbocycles. The minimum atomic E-state index is -0.700. The van der Waals surface area contributed by atoms with E-state index in [1.807, 2.05) is 0 Å². The smallest absolute Gasteiger partial charge is 0.317 e. The van der Waals surface area contributed by atoms with Gasteiger partial charge in [-0.3, -0.25) is 9.69 Å². The fourth-order valence-electron chi connectivity index (χ4n) is 2.81. The van der Waals surface area contributed by atoms with Gasteiger partial charge in [0, 0.05) is 6.04 Å². The minimum absolute atomic E-state index is 0.200. The molecule has 1 N–H and O–H groups in total. The molecule has 2 atom stereocenters. The maximum absolute atomic E-state index is 10.8. The molecular weight excluding hydrogens is 202 g/mol. The lowest BCUT2D eigenvalue weighted by Gasteiger charge is -2.37. The van der Waals surface area contributed by atoms with Crippen LogP contribution in [0.1, 0.15) is 46.5 Å². The molecule has 1 aliphatic rings. The lowest BCUT2D eigenvalue weighted by Crippen LogP contribution is -2.42. The predicted molar refractivity (Wildman–Crippen MR) is 65.5 cm³/mol. The van der Waals surface area contributed by atoms with E-state index >= 15 is 0 Å². The Morgan fingerprint density at radius 1 is 1.44 bits per heavy atom. The molecule has 2 unspecified atom stereocenters. The van der Waals surface area contributed by atoms with Crippen molar-refractivity contribution in [2.75, 3.05) is 13.1 Å². The van der Waals surface area contributed by atoms with Crippen molar-refractivity contribution in [3.05, 3.63) is 0 Å². The van der Waals surface area contributed by atoms with E-state index in [-0.39, 0.29) is 6.54 Å². The molecule has 0 aromatic rings. The molecule has 16 heavy (non-hydrogen) atoms. The molecule has 1 rings (SSSR count). The van der Waals surface area contributed by atoms with Gasteiger partial charge in [0.05, 0.1) is 6.54 Å². The number of carbonyl (C=O) groups is 1. The summed E-state index contributed by atoms with van der Waals surface area (Å²) in [6.07, 6.45) is 4.92. The number of rotatable bonds is 5. The first kappa shape index (κ1) is 13.5. The fraction of sp³-hybridized carbons (Fsp3) is 0.923. The first-order valence-corrected chi connectivity index (χ1v) is 6.50. The third-order valence-corrected chi connectivity index (χ3v) is 3.89. The monoisotopic (exact) mass is 227 g/mol. The number of carboxylic acid groups (broad SMARTS) is 1. The first-order valence-electron chi connectivity index (χ1n) is 6.50. The molecule has 1 fully saturated rings. The molecule has 0 heterocycles. The van der Waals surface area contributed by atoms with E-state index in [0.29, 0.717) is 6.04 Å². The van der Waals surface area contributed by atoms with Gasteiger partial charge < -0.3 is 5.11 Å². The van der Waals surface area contributed by atoms with E-state index in [9.17, 15) is 4.79 Å². The summed E-state index contributed by atoms with van der Waals surface area (Å²) in [5, 5.41) is 8.88. The van der Waals surface area contributed by atoms with E-state index < -0.39 is 5.97 Å². The second kappa shape index (κ2) is 6.24. The van der Waals surface area contributed by atoms with E-state index in [1.54, 1.807) is 0 Å². The summed E-state index contributed by atoms with van der Waals surface area (Å²) in [5.41, 5.74) is 0. The Labute approximate surface area is 98.8 Å². The second-order valence-corrected chi connectivity index (χ2v) is 5.28. The summed E-state index contributed by atoms with van der Waals surface area (Å²) < 4.78 is 0. The van der Waals surface area contributed by atoms with Crippen LogP contribution in [0.4, 0.5) is 0 Å². The highest BCUT2D eigenvalue weighted by atomic mass is 16.4. The number of carboxylic acids is 1. The van der Waals surface area contributed by atoms with Crippen molar-refractivity contribution in [3.63, 3.8) is 0 Å². The van der Waals surface area contributed by atoms with Gasteiger partial charge in [0.15, 0.2) is 0 Å². The maximum atomic E-state index is 10.8. The Kier molecular flexibility index (Phi) is 5.26. The molecule has 3 nitrogen and oxygen atoms in total. The summed E-state index contributed by atoms with van der Waals surface area (Å²) in [6, 6.07) is 0.488. The third kappa shape index (κ3) is 3.78. The van der Waals surface area contributed by atoms with Gasteiger partial charge in [0.2, 0.25) is 0 Å². The van der Waals surface area contributed by atoms with Gasteiger partial charge in [0.1, 0.15) is 0 Å². The zero-order valence-electron chi connectivity index (χ0n) is 10.8. The lowest BCUT2D eigenvalue weighted by molar-refractivity contribution is -0.139. The number of hydrogen-bond donors (Lipinski definition) is 1. The molecule has 0 saturated heterocycles. The zero-order valence-corrected chi connectivity index (χ0v) is 10.8. The molecule has 0 radical (unpaired) electrons.